The summed E-state index contributed by atoms with van der Waals surface area (Å²) in [6.45, 7) is 9.40. The topological polar surface area (TPSA) is 0 Å². The molecule has 0 spiro atoms. The molecule has 0 heteroatoms. The SMILES string of the molecule is CC1=[C]C2=C(CCCC2)C(C)(C)C1C. The van der Waals surface area contributed by atoms with E-state index in [4.69, 9.17) is 0 Å². The highest BCUT2D eigenvalue weighted by Crippen LogP contribution is 2.48. The van der Waals surface area contributed by atoms with Crippen molar-refractivity contribution in [2.75, 3.05) is 0 Å². The molecule has 0 heterocycles. The Morgan fingerprint density at radius 3 is 2.57 bits per heavy atom. The molecular formula is C14H21. The highest BCUT2D eigenvalue weighted by Gasteiger charge is 2.36. The maximum absolute atomic E-state index is 3.62. The van der Waals surface area contributed by atoms with Crippen molar-refractivity contribution in [3.8, 4) is 0 Å². The lowest BCUT2D eigenvalue weighted by molar-refractivity contribution is 0.298. The van der Waals surface area contributed by atoms with Crippen LogP contribution in [0.4, 0.5) is 0 Å². The summed E-state index contributed by atoms with van der Waals surface area (Å²) in [7, 11) is 0. The molecule has 0 fully saturated rings. The van der Waals surface area contributed by atoms with E-state index in [-0.39, 0.29) is 0 Å². The normalized spacial score (nSPS) is 31.1. The molecule has 77 valence electrons. The average Bonchev–Trinajstić information content (AvgIpc) is 2.15. The second kappa shape index (κ2) is 3.25. The van der Waals surface area contributed by atoms with Gasteiger partial charge in [-0.25, -0.2) is 0 Å². The van der Waals surface area contributed by atoms with E-state index in [2.05, 4.69) is 33.8 Å². The molecule has 1 radical (unpaired) electrons. The highest BCUT2D eigenvalue weighted by molar-refractivity contribution is 5.36. The summed E-state index contributed by atoms with van der Waals surface area (Å²) in [5.41, 5.74) is 5.07. The Morgan fingerprint density at radius 1 is 1.21 bits per heavy atom. The summed E-state index contributed by atoms with van der Waals surface area (Å²) in [5, 5.41) is 0. The average molecular weight is 189 g/mol. The third-order valence-electron chi connectivity index (χ3n) is 4.33. The van der Waals surface area contributed by atoms with Crippen LogP contribution in [0, 0.1) is 17.4 Å². The van der Waals surface area contributed by atoms with Crippen LogP contribution in [-0.2, 0) is 0 Å². The molecule has 14 heavy (non-hydrogen) atoms. The van der Waals surface area contributed by atoms with Gasteiger partial charge in [-0.15, -0.1) is 0 Å². The molecule has 2 rings (SSSR count). The monoisotopic (exact) mass is 189 g/mol. The minimum atomic E-state index is 0.380. The van der Waals surface area contributed by atoms with Gasteiger partial charge in [-0.2, -0.15) is 0 Å². The minimum absolute atomic E-state index is 0.380. The summed E-state index contributed by atoms with van der Waals surface area (Å²) in [4.78, 5) is 0. The molecule has 0 aromatic rings. The maximum Gasteiger partial charge on any atom is -0.00757 e. The van der Waals surface area contributed by atoms with Crippen molar-refractivity contribution in [3.05, 3.63) is 22.8 Å². The van der Waals surface area contributed by atoms with Crippen molar-refractivity contribution in [2.24, 2.45) is 11.3 Å². The zero-order chi connectivity index (χ0) is 10.3. The van der Waals surface area contributed by atoms with Crippen LogP contribution in [0.5, 0.6) is 0 Å². The first-order chi connectivity index (χ1) is 6.53. The van der Waals surface area contributed by atoms with Crippen LogP contribution in [-0.4, -0.2) is 0 Å². The minimum Gasteiger partial charge on any atom is -0.0615 e. The van der Waals surface area contributed by atoms with E-state index in [9.17, 15) is 0 Å². The molecule has 1 atom stereocenters. The van der Waals surface area contributed by atoms with Crippen LogP contribution in [0.25, 0.3) is 0 Å². The van der Waals surface area contributed by atoms with Crippen LogP contribution in [0.1, 0.15) is 53.4 Å². The van der Waals surface area contributed by atoms with Gasteiger partial charge in [0.1, 0.15) is 0 Å². The van der Waals surface area contributed by atoms with Gasteiger partial charge in [0.25, 0.3) is 0 Å². The molecule has 0 aliphatic heterocycles. The lowest BCUT2D eigenvalue weighted by atomic mass is 9.63. The summed E-state index contributed by atoms with van der Waals surface area (Å²) in [6.07, 6.45) is 8.95. The second-order valence-corrected chi connectivity index (χ2v) is 5.42. The number of rotatable bonds is 0. The van der Waals surface area contributed by atoms with Crippen LogP contribution in [0.2, 0.25) is 0 Å². The first-order valence-corrected chi connectivity index (χ1v) is 5.86. The molecule has 0 amide bonds. The molecule has 0 bridgehead atoms. The van der Waals surface area contributed by atoms with Gasteiger partial charge < -0.3 is 0 Å². The Kier molecular flexibility index (Phi) is 2.33. The van der Waals surface area contributed by atoms with Gasteiger partial charge in [0, 0.05) is 0 Å². The molecule has 0 saturated carbocycles. The Hall–Kier alpha value is -0.520. The number of allylic oxidation sites excluding steroid dienone is 4. The van der Waals surface area contributed by atoms with Crippen molar-refractivity contribution < 1.29 is 0 Å². The molecule has 0 saturated heterocycles. The molecule has 2 aliphatic carbocycles. The summed E-state index contributed by atoms with van der Waals surface area (Å²) < 4.78 is 0. The molecule has 0 aromatic heterocycles. The third-order valence-corrected chi connectivity index (χ3v) is 4.33. The molecule has 1 unspecified atom stereocenters. The van der Waals surface area contributed by atoms with E-state index >= 15 is 0 Å². The maximum atomic E-state index is 3.62. The standard InChI is InChI=1S/C14H21/c1-10-9-12-7-5-6-8-13(12)14(3,4)11(10)2/h11H,5-8H2,1-4H3. The zero-order valence-electron chi connectivity index (χ0n) is 9.91. The molecule has 0 aromatic carbocycles. The molecule has 0 nitrogen and oxygen atoms in total. The summed E-state index contributed by atoms with van der Waals surface area (Å²) in [5.74, 6) is 0.666. The largest absolute Gasteiger partial charge is 0.0615 e. The van der Waals surface area contributed by atoms with Crippen LogP contribution < -0.4 is 0 Å². The van der Waals surface area contributed by atoms with E-state index in [0.717, 1.165) is 0 Å². The number of hydrogen-bond donors (Lipinski definition) is 0. The fourth-order valence-electron chi connectivity index (χ4n) is 2.90. The zero-order valence-corrected chi connectivity index (χ0v) is 9.91. The first-order valence-electron chi connectivity index (χ1n) is 5.86. The van der Waals surface area contributed by atoms with Gasteiger partial charge >= 0.3 is 0 Å². The summed E-state index contributed by atoms with van der Waals surface area (Å²) >= 11 is 0. The number of hydrogen-bond acceptors (Lipinski definition) is 0. The Bertz CT molecular complexity index is 302. The first kappa shape index (κ1) is 10.0. The Balaban J connectivity index is 2.46. The van der Waals surface area contributed by atoms with Crippen LogP contribution >= 0.6 is 0 Å². The van der Waals surface area contributed by atoms with Gasteiger partial charge in [-0.3, -0.25) is 0 Å². The van der Waals surface area contributed by atoms with Crippen LogP contribution in [0.3, 0.4) is 0 Å². The predicted molar refractivity (Wildman–Crippen MR) is 60.9 cm³/mol. The van der Waals surface area contributed by atoms with Gasteiger partial charge in [0.05, 0.1) is 0 Å². The fourth-order valence-corrected chi connectivity index (χ4v) is 2.90. The fraction of sp³-hybridized carbons (Fsp3) is 0.714. The van der Waals surface area contributed by atoms with Gasteiger partial charge in [0.2, 0.25) is 0 Å². The Labute approximate surface area is 88.1 Å². The van der Waals surface area contributed by atoms with Crippen molar-refractivity contribution in [1.82, 2.24) is 0 Å². The van der Waals surface area contributed by atoms with Crippen LogP contribution in [0.15, 0.2) is 16.7 Å². The molecular weight excluding hydrogens is 168 g/mol. The van der Waals surface area contributed by atoms with E-state index in [0.29, 0.717) is 11.3 Å². The predicted octanol–water partition coefficient (Wildman–Crippen LogP) is 4.28. The Morgan fingerprint density at radius 2 is 1.86 bits per heavy atom. The lowest BCUT2D eigenvalue weighted by Crippen LogP contribution is -2.30. The highest BCUT2D eigenvalue weighted by atomic mass is 14.4. The summed E-state index contributed by atoms with van der Waals surface area (Å²) in [6, 6.07) is 0. The van der Waals surface area contributed by atoms with Crippen molar-refractivity contribution >= 4 is 0 Å². The molecule has 2 aliphatic rings. The van der Waals surface area contributed by atoms with Crippen molar-refractivity contribution in [1.29, 1.82) is 0 Å². The van der Waals surface area contributed by atoms with E-state index in [1.54, 1.807) is 5.57 Å². The van der Waals surface area contributed by atoms with E-state index < -0.39 is 0 Å². The molecule has 0 N–H and O–H groups in total. The van der Waals surface area contributed by atoms with Gasteiger partial charge in [-0.05, 0) is 55.6 Å². The smallest absolute Gasteiger partial charge is 0.00757 e. The second-order valence-electron chi connectivity index (χ2n) is 5.42. The van der Waals surface area contributed by atoms with Gasteiger partial charge in [0.15, 0.2) is 0 Å². The van der Waals surface area contributed by atoms with Crippen molar-refractivity contribution in [3.63, 3.8) is 0 Å². The van der Waals surface area contributed by atoms with Crippen molar-refractivity contribution in [2.45, 2.75) is 53.4 Å². The van der Waals surface area contributed by atoms with Gasteiger partial charge in [-0.1, -0.05) is 31.9 Å². The third kappa shape index (κ3) is 1.36. The lowest BCUT2D eigenvalue weighted by Gasteiger charge is -2.41. The van der Waals surface area contributed by atoms with E-state index in [1.165, 1.54) is 36.8 Å². The van der Waals surface area contributed by atoms with E-state index in [1.807, 2.05) is 0 Å². The quantitative estimate of drug-likeness (QED) is 0.533.